The SMILES string of the molecule is Cc1cc([C@H]2C3=CC[C@@H]4C(=O)N(C5CCCCC5)C(=O)[C@@H]4[C@@H]3C[C@H]3C(=O)N(Nc4ccc(F)cc4)C(=O)[C@@]23c2ccc(Cl)cc2)ccc1O. The molecule has 0 aromatic heterocycles. The number of likely N-dealkylation sites (tertiary alicyclic amines) is 1. The fraction of sp³-hybridized carbons (Fsp3) is 0.385. The number of phenols is 1. The molecular formula is C39H37ClFN3O5. The fourth-order valence-electron chi connectivity index (χ4n) is 9.61. The third-order valence-corrected chi connectivity index (χ3v) is 12.0. The fourth-order valence-corrected chi connectivity index (χ4v) is 9.74. The van der Waals surface area contributed by atoms with Gasteiger partial charge in [-0.05, 0) is 97.7 Å². The van der Waals surface area contributed by atoms with Crippen molar-refractivity contribution >= 4 is 40.9 Å². The number of anilines is 1. The largest absolute Gasteiger partial charge is 0.508 e. The maximum atomic E-state index is 15.2. The Morgan fingerprint density at radius 3 is 2.29 bits per heavy atom. The molecule has 2 aliphatic heterocycles. The number of nitrogens with zero attached hydrogens (tertiary/aromatic N) is 2. The molecule has 0 bridgehead atoms. The van der Waals surface area contributed by atoms with Crippen LogP contribution in [0.5, 0.6) is 5.75 Å². The first-order valence-electron chi connectivity index (χ1n) is 17.1. The Morgan fingerprint density at radius 2 is 1.59 bits per heavy atom. The summed E-state index contributed by atoms with van der Waals surface area (Å²) in [5.74, 6) is -4.85. The van der Waals surface area contributed by atoms with E-state index in [0.29, 0.717) is 28.3 Å². The number of halogens is 2. The minimum atomic E-state index is -1.46. The molecule has 6 atom stereocenters. The maximum absolute atomic E-state index is 15.2. The van der Waals surface area contributed by atoms with Crippen LogP contribution in [0.15, 0.2) is 78.4 Å². The molecule has 5 aliphatic rings. The number of benzene rings is 3. The lowest BCUT2D eigenvalue weighted by molar-refractivity contribution is -0.144. The summed E-state index contributed by atoms with van der Waals surface area (Å²) in [6, 6.07) is 17.5. The second kappa shape index (κ2) is 11.8. The van der Waals surface area contributed by atoms with Crippen molar-refractivity contribution in [3.8, 4) is 5.75 Å². The number of phenolic OH excluding ortho intramolecular Hbond substituents is 1. The number of aryl methyl sites for hydroxylation is 1. The highest BCUT2D eigenvalue weighted by atomic mass is 35.5. The molecule has 2 N–H and O–H groups in total. The van der Waals surface area contributed by atoms with Gasteiger partial charge < -0.3 is 5.11 Å². The zero-order valence-corrected chi connectivity index (χ0v) is 27.8. The van der Waals surface area contributed by atoms with Gasteiger partial charge in [0.25, 0.3) is 11.8 Å². The zero-order chi connectivity index (χ0) is 34.2. The second-order valence-electron chi connectivity index (χ2n) is 14.3. The molecule has 2 saturated heterocycles. The lowest BCUT2D eigenvalue weighted by Gasteiger charge is -2.50. The standard InChI is InChI=1S/C39H37ClFN3O5/c1-21-19-22(7-18-32(21)45)34-28-16-17-29-33(37(48)43(35(29)46)27-5-3-2-4-6-27)30(28)20-31-36(47)44(42-26-14-12-25(41)13-15-26)38(49)39(31,34)23-8-10-24(40)11-9-23/h7-16,18-19,27,29-31,33-34,42,45H,2-6,17,20H2,1H3/t29-,30+,31-,33-,34-,39+/m0/s1. The highest BCUT2D eigenvalue weighted by Crippen LogP contribution is 2.64. The normalized spacial score (nSPS) is 29.9. The lowest BCUT2D eigenvalue weighted by atomic mass is 9.49. The molecule has 2 saturated carbocycles. The van der Waals surface area contributed by atoms with Gasteiger partial charge in [-0.1, -0.05) is 66.8 Å². The first-order valence-corrected chi connectivity index (χ1v) is 17.5. The van der Waals surface area contributed by atoms with Crippen molar-refractivity contribution in [3.63, 3.8) is 0 Å². The van der Waals surface area contributed by atoms with E-state index in [1.54, 1.807) is 43.3 Å². The highest BCUT2D eigenvalue weighted by Gasteiger charge is 2.70. The molecule has 3 aromatic carbocycles. The van der Waals surface area contributed by atoms with E-state index in [-0.39, 0.29) is 30.0 Å². The summed E-state index contributed by atoms with van der Waals surface area (Å²) in [6.45, 7) is 1.78. The quantitative estimate of drug-likeness (QED) is 0.226. The smallest absolute Gasteiger partial charge is 0.260 e. The van der Waals surface area contributed by atoms with E-state index in [1.165, 1.54) is 29.2 Å². The van der Waals surface area contributed by atoms with Gasteiger partial charge in [0.2, 0.25) is 11.8 Å². The van der Waals surface area contributed by atoms with E-state index >= 15 is 4.79 Å². The van der Waals surface area contributed by atoms with Gasteiger partial charge in [0.05, 0.1) is 28.9 Å². The Kier molecular flexibility index (Phi) is 7.66. The first kappa shape index (κ1) is 31.7. The second-order valence-corrected chi connectivity index (χ2v) is 14.7. The number of allylic oxidation sites excluding steroid dienone is 2. The van der Waals surface area contributed by atoms with Crippen LogP contribution in [0, 0.1) is 36.4 Å². The van der Waals surface area contributed by atoms with E-state index < -0.39 is 52.6 Å². The third-order valence-electron chi connectivity index (χ3n) is 11.8. The van der Waals surface area contributed by atoms with Crippen LogP contribution >= 0.6 is 11.6 Å². The minimum Gasteiger partial charge on any atom is -0.508 e. The maximum Gasteiger partial charge on any atom is 0.260 e. The molecule has 8 nitrogen and oxygen atoms in total. The number of imide groups is 2. The van der Waals surface area contributed by atoms with Crippen molar-refractivity contribution in [2.24, 2.45) is 23.7 Å². The molecule has 2 heterocycles. The number of aromatic hydroxyl groups is 1. The van der Waals surface area contributed by atoms with Crippen LogP contribution in [0.2, 0.25) is 5.02 Å². The average Bonchev–Trinajstić information content (AvgIpc) is 3.48. The Labute approximate surface area is 288 Å². The van der Waals surface area contributed by atoms with E-state index in [9.17, 15) is 23.9 Å². The van der Waals surface area contributed by atoms with Crippen LogP contribution < -0.4 is 5.43 Å². The number of amides is 4. The van der Waals surface area contributed by atoms with Crippen LogP contribution in [-0.4, -0.2) is 44.7 Å². The number of hydrazine groups is 1. The molecular weight excluding hydrogens is 645 g/mol. The summed E-state index contributed by atoms with van der Waals surface area (Å²) in [6.07, 6.45) is 7.24. The van der Waals surface area contributed by atoms with E-state index in [2.05, 4.69) is 5.43 Å². The summed E-state index contributed by atoms with van der Waals surface area (Å²) >= 11 is 6.36. The van der Waals surface area contributed by atoms with Gasteiger partial charge in [0.1, 0.15) is 11.6 Å². The van der Waals surface area contributed by atoms with Gasteiger partial charge in [0.15, 0.2) is 0 Å². The highest BCUT2D eigenvalue weighted by molar-refractivity contribution is 6.30. The van der Waals surface area contributed by atoms with Crippen molar-refractivity contribution in [3.05, 3.63) is 106 Å². The summed E-state index contributed by atoms with van der Waals surface area (Å²) in [4.78, 5) is 59.8. The van der Waals surface area contributed by atoms with Crippen molar-refractivity contribution in [2.45, 2.75) is 69.2 Å². The molecule has 10 heteroatoms. The van der Waals surface area contributed by atoms with Gasteiger partial charge in [-0.2, -0.15) is 5.01 Å². The van der Waals surface area contributed by atoms with Crippen molar-refractivity contribution < 1.29 is 28.7 Å². The van der Waals surface area contributed by atoms with E-state index in [4.69, 9.17) is 11.6 Å². The van der Waals surface area contributed by atoms with Crippen LogP contribution in [0.4, 0.5) is 10.1 Å². The lowest BCUT2D eigenvalue weighted by Crippen LogP contribution is -2.53. The Hall–Kier alpha value is -4.50. The zero-order valence-electron chi connectivity index (χ0n) is 27.1. The van der Waals surface area contributed by atoms with Crippen molar-refractivity contribution in [1.29, 1.82) is 0 Å². The van der Waals surface area contributed by atoms with E-state index in [0.717, 1.165) is 48.2 Å². The number of carbonyl (C=O) groups is 4. The van der Waals surface area contributed by atoms with Crippen LogP contribution in [0.25, 0.3) is 0 Å². The molecule has 3 aromatic rings. The molecule has 0 unspecified atom stereocenters. The number of nitrogens with one attached hydrogen (secondary N) is 1. The number of fused-ring (bicyclic) bond motifs is 4. The summed E-state index contributed by atoms with van der Waals surface area (Å²) in [5, 5.41) is 12.1. The van der Waals surface area contributed by atoms with Crippen LogP contribution in [0.3, 0.4) is 0 Å². The Bertz CT molecular complexity index is 1910. The predicted molar refractivity (Wildman–Crippen MR) is 181 cm³/mol. The third kappa shape index (κ3) is 4.76. The van der Waals surface area contributed by atoms with E-state index in [1.807, 2.05) is 12.1 Å². The average molecular weight is 682 g/mol. The predicted octanol–water partition coefficient (Wildman–Crippen LogP) is 6.81. The number of rotatable bonds is 5. The van der Waals surface area contributed by atoms with Gasteiger partial charge in [-0.25, -0.2) is 4.39 Å². The molecule has 0 radical (unpaired) electrons. The minimum absolute atomic E-state index is 0.0963. The summed E-state index contributed by atoms with van der Waals surface area (Å²) in [5.41, 5.74) is 4.65. The van der Waals surface area contributed by atoms with Gasteiger partial charge >= 0.3 is 0 Å². The Morgan fingerprint density at radius 1 is 0.878 bits per heavy atom. The summed E-state index contributed by atoms with van der Waals surface area (Å²) < 4.78 is 13.8. The monoisotopic (exact) mass is 681 g/mol. The van der Waals surface area contributed by atoms with Gasteiger partial charge in [-0.3, -0.25) is 29.5 Å². The van der Waals surface area contributed by atoms with Crippen molar-refractivity contribution in [2.75, 3.05) is 5.43 Å². The number of carbonyl (C=O) groups excluding carboxylic acids is 4. The van der Waals surface area contributed by atoms with Gasteiger partial charge in [-0.15, -0.1) is 0 Å². The van der Waals surface area contributed by atoms with Crippen LogP contribution in [-0.2, 0) is 24.6 Å². The molecule has 0 spiro atoms. The van der Waals surface area contributed by atoms with Gasteiger partial charge in [0, 0.05) is 17.0 Å². The number of hydrogen-bond acceptors (Lipinski definition) is 6. The molecule has 252 valence electrons. The molecule has 8 rings (SSSR count). The first-order chi connectivity index (χ1) is 23.6. The van der Waals surface area contributed by atoms with Crippen LogP contribution in [0.1, 0.15) is 67.6 Å². The molecule has 4 amide bonds. The number of hydrogen-bond donors (Lipinski definition) is 2. The topological polar surface area (TPSA) is 107 Å². The van der Waals surface area contributed by atoms with Crippen molar-refractivity contribution in [1.82, 2.24) is 9.91 Å². The molecule has 49 heavy (non-hydrogen) atoms. The molecule has 4 fully saturated rings. The summed E-state index contributed by atoms with van der Waals surface area (Å²) in [7, 11) is 0. The molecule has 3 aliphatic carbocycles. The Balaban J connectivity index is 1.31.